The van der Waals surface area contributed by atoms with E-state index in [-0.39, 0.29) is 0 Å². The van der Waals surface area contributed by atoms with E-state index in [1.165, 1.54) is 32.1 Å². The number of rotatable bonds is 9. The van der Waals surface area contributed by atoms with Gasteiger partial charge < -0.3 is 5.32 Å². The van der Waals surface area contributed by atoms with Gasteiger partial charge in [0, 0.05) is 6.54 Å². The lowest BCUT2D eigenvalue weighted by molar-refractivity contribution is 0.516. The molecule has 0 bridgehead atoms. The Bertz CT molecular complexity index is 347. The molecule has 0 unspecified atom stereocenters. The van der Waals surface area contributed by atoms with Gasteiger partial charge in [-0.15, -0.1) is 0 Å². The first-order valence-electron chi connectivity index (χ1n) is 7.07. The molecule has 0 aliphatic rings. The monoisotopic (exact) mass is 271 g/mol. The molecule has 18 heavy (non-hydrogen) atoms. The zero-order valence-electron chi connectivity index (χ0n) is 11.9. The van der Waals surface area contributed by atoms with Crippen LogP contribution in [0.15, 0.2) is 0 Å². The molecule has 4 heteroatoms. The second kappa shape index (κ2) is 8.54. The number of halogens is 1. The Labute approximate surface area is 116 Å². The van der Waals surface area contributed by atoms with Crippen LogP contribution < -0.4 is 5.32 Å². The van der Waals surface area contributed by atoms with Crippen LogP contribution in [-0.4, -0.2) is 22.9 Å². The van der Waals surface area contributed by atoms with Gasteiger partial charge in [0.2, 0.25) is 0 Å². The summed E-state index contributed by atoms with van der Waals surface area (Å²) in [5.74, 6) is 0. The number of nitrogens with one attached hydrogen (secondary N) is 1. The summed E-state index contributed by atoms with van der Waals surface area (Å²) in [5, 5.41) is 8.69. The highest BCUT2D eigenvalue weighted by atomic mass is 35.5. The summed E-state index contributed by atoms with van der Waals surface area (Å²) in [6.45, 7) is 9.49. The van der Waals surface area contributed by atoms with Crippen molar-refractivity contribution < 1.29 is 0 Å². The quantitative estimate of drug-likeness (QED) is 0.694. The van der Waals surface area contributed by atoms with Crippen molar-refractivity contribution in [1.82, 2.24) is 15.1 Å². The molecule has 1 aromatic heterocycles. The van der Waals surface area contributed by atoms with Crippen LogP contribution in [0.2, 0.25) is 5.02 Å². The van der Waals surface area contributed by atoms with Crippen molar-refractivity contribution in [2.75, 3.05) is 13.1 Å². The molecule has 1 N–H and O–H groups in total. The summed E-state index contributed by atoms with van der Waals surface area (Å²) in [6.07, 6.45) is 6.25. The van der Waals surface area contributed by atoms with E-state index in [1.807, 2.05) is 18.5 Å². The van der Waals surface area contributed by atoms with Gasteiger partial charge in [0.25, 0.3) is 0 Å². The lowest BCUT2D eigenvalue weighted by Crippen LogP contribution is -2.15. The smallest absolute Gasteiger partial charge is 0.0844 e. The first-order valence-corrected chi connectivity index (χ1v) is 7.44. The Morgan fingerprint density at radius 3 is 2.44 bits per heavy atom. The Hall–Kier alpha value is -0.540. The van der Waals surface area contributed by atoms with Gasteiger partial charge in [-0.2, -0.15) is 5.10 Å². The topological polar surface area (TPSA) is 29.9 Å². The van der Waals surface area contributed by atoms with Crippen LogP contribution >= 0.6 is 11.6 Å². The van der Waals surface area contributed by atoms with Crippen LogP contribution in [0.1, 0.15) is 50.4 Å². The second-order valence-corrected chi connectivity index (χ2v) is 5.25. The highest BCUT2D eigenvalue weighted by molar-refractivity contribution is 6.31. The number of aromatic nitrogens is 2. The zero-order chi connectivity index (χ0) is 13.4. The lowest BCUT2D eigenvalue weighted by Gasteiger charge is -2.05. The standard InChI is InChI=1S/C14H26ClN3/c1-4-9-16-10-7-5-6-8-11-18-13(3)14(15)12(2)17-18/h16H,4-11H2,1-3H3. The maximum atomic E-state index is 6.12. The summed E-state index contributed by atoms with van der Waals surface area (Å²) in [7, 11) is 0. The molecule has 0 fully saturated rings. The number of unbranched alkanes of at least 4 members (excludes halogenated alkanes) is 3. The van der Waals surface area contributed by atoms with E-state index in [2.05, 4.69) is 17.3 Å². The fraction of sp³-hybridized carbons (Fsp3) is 0.786. The fourth-order valence-corrected chi connectivity index (χ4v) is 2.20. The average Bonchev–Trinajstić information content (AvgIpc) is 2.60. The van der Waals surface area contributed by atoms with Crippen molar-refractivity contribution >= 4 is 11.6 Å². The van der Waals surface area contributed by atoms with E-state index in [0.29, 0.717) is 0 Å². The molecule has 1 rings (SSSR count). The molecule has 1 heterocycles. The molecule has 0 spiro atoms. The summed E-state index contributed by atoms with van der Waals surface area (Å²) in [6, 6.07) is 0. The molecule has 0 aliphatic heterocycles. The van der Waals surface area contributed by atoms with Crippen LogP contribution in [0, 0.1) is 13.8 Å². The van der Waals surface area contributed by atoms with E-state index < -0.39 is 0 Å². The zero-order valence-corrected chi connectivity index (χ0v) is 12.7. The SMILES string of the molecule is CCCNCCCCCCn1nc(C)c(Cl)c1C. The maximum Gasteiger partial charge on any atom is 0.0844 e. The Morgan fingerprint density at radius 1 is 1.11 bits per heavy atom. The van der Waals surface area contributed by atoms with Gasteiger partial charge in [0.15, 0.2) is 0 Å². The Balaban J connectivity index is 2.09. The lowest BCUT2D eigenvalue weighted by atomic mass is 10.2. The van der Waals surface area contributed by atoms with Crippen molar-refractivity contribution in [3.05, 3.63) is 16.4 Å². The van der Waals surface area contributed by atoms with Crippen molar-refractivity contribution in [3.8, 4) is 0 Å². The molecular weight excluding hydrogens is 246 g/mol. The highest BCUT2D eigenvalue weighted by Gasteiger charge is 2.07. The fourth-order valence-electron chi connectivity index (χ4n) is 2.06. The minimum Gasteiger partial charge on any atom is -0.317 e. The first kappa shape index (κ1) is 15.5. The van der Waals surface area contributed by atoms with Crippen LogP contribution in [0.3, 0.4) is 0 Å². The molecule has 0 amide bonds. The largest absolute Gasteiger partial charge is 0.317 e. The molecule has 0 atom stereocenters. The molecule has 0 aromatic carbocycles. The summed E-state index contributed by atoms with van der Waals surface area (Å²) in [4.78, 5) is 0. The molecule has 0 saturated carbocycles. The van der Waals surface area contributed by atoms with Gasteiger partial charge in [-0.3, -0.25) is 4.68 Å². The van der Waals surface area contributed by atoms with Crippen LogP contribution in [0.25, 0.3) is 0 Å². The average molecular weight is 272 g/mol. The summed E-state index contributed by atoms with van der Waals surface area (Å²) >= 11 is 6.12. The third-order valence-corrected chi connectivity index (χ3v) is 3.74. The number of aryl methyl sites for hydroxylation is 2. The number of hydrogen-bond acceptors (Lipinski definition) is 2. The minimum absolute atomic E-state index is 0.818. The van der Waals surface area contributed by atoms with Crippen LogP contribution in [0.5, 0.6) is 0 Å². The van der Waals surface area contributed by atoms with Gasteiger partial charge in [0.05, 0.1) is 16.4 Å². The van der Waals surface area contributed by atoms with Crippen LogP contribution in [0.4, 0.5) is 0 Å². The minimum atomic E-state index is 0.818. The maximum absolute atomic E-state index is 6.12. The molecule has 0 radical (unpaired) electrons. The van der Waals surface area contributed by atoms with Crippen molar-refractivity contribution in [3.63, 3.8) is 0 Å². The van der Waals surface area contributed by atoms with Gasteiger partial charge in [-0.05, 0) is 46.2 Å². The van der Waals surface area contributed by atoms with Crippen LogP contribution in [-0.2, 0) is 6.54 Å². The van der Waals surface area contributed by atoms with Gasteiger partial charge in [-0.1, -0.05) is 31.4 Å². The van der Waals surface area contributed by atoms with Gasteiger partial charge >= 0.3 is 0 Å². The Kier molecular flexibility index (Phi) is 7.36. The van der Waals surface area contributed by atoms with Gasteiger partial charge in [-0.25, -0.2) is 0 Å². The summed E-state index contributed by atoms with van der Waals surface area (Å²) in [5.41, 5.74) is 2.04. The second-order valence-electron chi connectivity index (χ2n) is 4.87. The first-order chi connectivity index (χ1) is 8.66. The van der Waals surface area contributed by atoms with E-state index in [1.54, 1.807) is 0 Å². The third kappa shape index (κ3) is 4.99. The van der Waals surface area contributed by atoms with Crippen molar-refractivity contribution in [2.24, 2.45) is 0 Å². The predicted molar refractivity (Wildman–Crippen MR) is 78.3 cm³/mol. The molecule has 0 aliphatic carbocycles. The molecule has 3 nitrogen and oxygen atoms in total. The predicted octanol–water partition coefficient (Wildman–Crippen LogP) is 3.71. The van der Waals surface area contributed by atoms with E-state index in [4.69, 9.17) is 11.6 Å². The third-order valence-electron chi connectivity index (χ3n) is 3.19. The molecule has 0 saturated heterocycles. The van der Waals surface area contributed by atoms with Crippen molar-refractivity contribution in [1.29, 1.82) is 0 Å². The molecule has 104 valence electrons. The highest BCUT2D eigenvalue weighted by Crippen LogP contribution is 2.19. The Morgan fingerprint density at radius 2 is 1.83 bits per heavy atom. The molecule has 1 aromatic rings. The van der Waals surface area contributed by atoms with Crippen molar-refractivity contribution in [2.45, 2.75) is 59.4 Å². The molecular formula is C14H26ClN3. The van der Waals surface area contributed by atoms with Gasteiger partial charge in [0.1, 0.15) is 0 Å². The number of hydrogen-bond donors (Lipinski definition) is 1. The number of nitrogens with zero attached hydrogens (tertiary/aromatic N) is 2. The summed E-state index contributed by atoms with van der Waals surface area (Å²) < 4.78 is 2.03. The normalized spacial score (nSPS) is 11.1. The van der Waals surface area contributed by atoms with E-state index in [9.17, 15) is 0 Å². The van der Waals surface area contributed by atoms with E-state index in [0.717, 1.165) is 36.0 Å². The van der Waals surface area contributed by atoms with E-state index >= 15 is 0 Å².